The molecule has 0 bridgehead atoms. The van der Waals surface area contributed by atoms with E-state index in [0.29, 0.717) is 16.6 Å². The lowest BCUT2D eigenvalue weighted by Crippen LogP contribution is -2.23. The second-order valence-corrected chi connectivity index (χ2v) is 7.09. The Labute approximate surface area is 161 Å². The van der Waals surface area contributed by atoms with Gasteiger partial charge >= 0.3 is 5.97 Å². The maximum atomic E-state index is 12.2. The smallest absolute Gasteiger partial charge is 0.374 e. The molecular weight excluding hydrogens is 364 g/mol. The number of esters is 1. The number of carbonyl (C=O) groups is 2. The first kappa shape index (κ1) is 18.8. The van der Waals surface area contributed by atoms with E-state index in [0.717, 1.165) is 16.8 Å². The van der Waals surface area contributed by atoms with Crippen LogP contribution in [0.5, 0.6) is 0 Å². The summed E-state index contributed by atoms with van der Waals surface area (Å²) in [4.78, 5) is 30.2. The zero-order chi connectivity index (χ0) is 19.6. The Kier molecular flexibility index (Phi) is 5.41. The molecule has 0 saturated carbocycles. The van der Waals surface area contributed by atoms with E-state index in [9.17, 15) is 9.59 Å². The van der Waals surface area contributed by atoms with Crippen LogP contribution in [0.2, 0.25) is 0 Å². The number of thiazole rings is 1. The number of nitrogens with zero attached hydrogens (tertiary/aromatic N) is 2. The third kappa shape index (κ3) is 4.25. The molecule has 0 N–H and O–H groups in total. The van der Waals surface area contributed by atoms with Gasteiger partial charge in [0.2, 0.25) is 11.7 Å². The SMILES string of the molecule is CC(=O)N(c1nc(COC(=O)c2ccc(C)o2)cs1)c1ccc(C)cc1C. The maximum absolute atomic E-state index is 12.2. The monoisotopic (exact) mass is 384 g/mol. The normalized spacial score (nSPS) is 10.7. The van der Waals surface area contributed by atoms with Crippen LogP contribution < -0.4 is 4.90 Å². The second kappa shape index (κ2) is 7.75. The number of aromatic nitrogens is 1. The van der Waals surface area contributed by atoms with Crippen molar-refractivity contribution in [2.45, 2.75) is 34.3 Å². The lowest BCUT2D eigenvalue weighted by Gasteiger charge is -2.20. The predicted molar refractivity (Wildman–Crippen MR) is 103 cm³/mol. The van der Waals surface area contributed by atoms with E-state index in [1.807, 2.05) is 32.0 Å². The van der Waals surface area contributed by atoms with Gasteiger partial charge in [0.25, 0.3) is 0 Å². The van der Waals surface area contributed by atoms with Crippen LogP contribution in [-0.2, 0) is 16.1 Å². The summed E-state index contributed by atoms with van der Waals surface area (Å²) in [5.41, 5.74) is 3.47. The highest BCUT2D eigenvalue weighted by molar-refractivity contribution is 7.14. The molecule has 0 unspecified atom stereocenters. The van der Waals surface area contributed by atoms with Gasteiger partial charge in [0, 0.05) is 12.3 Å². The fourth-order valence-electron chi connectivity index (χ4n) is 2.68. The Morgan fingerprint density at radius 1 is 1.19 bits per heavy atom. The summed E-state index contributed by atoms with van der Waals surface area (Å²) in [7, 11) is 0. The molecule has 0 aliphatic carbocycles. The lowest BCUT2D eigenvalue weighted by atomic mass is 10.1. The quantitative estimate of drug-likeness (QED) is 0.596. The minimum Gasteiger partial charge on any atom is -0.454 e. The maximum Gasteiger partial charge on any atom is 0.374 e. The van der Waals surface area contributed by atoms with Gasteiger partial charge in [-0.1, -0.05) is 17.7 Å². The van der Waals surface area contributed by atoms with Crippen LogP contribution in [0, 0.1) is 20.8 Å². The van der Waals surface area contributed by atoms with Crippen molar-refractivity contribution < 1.29 is 18.7 Å². The molecule has 2 heterocycles. The van der Waals surface area contributed by atoms with Crippen molar-refractivity contribution >= 4 is 34.0 Å². The van der Waals surface area contributed by atoms with Crippen LogP contribution in [0.4, 0.5) is 10.8 Å². The Morgan fingerprint density at radius 2 is 1.96 bits per heavy atom. The molecule has 3 aromatic rings. The number of carbonyl (C=O) groups excluding carboxylic acids is 2. The van der Waals surface area contributed by atoms with Crippen LogP contribution in [0.25, 0.3) is 0 Å². The van der Waals surface area contributed by atoms with Crippen molar-refractivity contribution in [2.75, 3.05) is 4.90 Å². The first-order valence-electron chi connectivity index (χ1n) is 8.41. The number of amides is 1. The van der Waals surface area contributed by atoms with Gasteiger partial charge in [-0.2, -0.15) is 0 Å². The van der Waals surface area contributed by atoms with Gasteiger partial charge < -0.3 is 9.15 Å². The topological polar surface area (TPSA) is 72.6 Å². The third-order valence-electron chi connectivity index (χ3n) is 3.93. The molecule has 0 atom stereocenters. The largest absolute Gasteiger partial charge is 0.454 e. The molecular formula is C20H20N2O4S. The molecule has 0 fully saturated rings. The van der Waals surface area contributed by atoms with Crippen molar-refractivity contribution in [1.29, 1.82) is 0 Å². The molecule has 1 aromatic carbocycles. The fraction of sp³-hybridized carbons (Fsp3) is 0.250. The van der Waals surface area contributed by atoms with Gasteiger partial charge in [0.1, 0.15) is 12.4 Å². The Hall–Kier alpha value is -2.93. The Balaban J connectivity index is 1.76. The van der Waals surface area contributed by atoms with Gasteiger partial charge in [-0.3, -0.25) is 9.69 Å². The van der Waals surface area contributed by atoms with Gasteiger partial charge in [0.05, 0.1) is 11.4 Å². The van der Waals surface area contributed by atoms with Gasteiger partial charge in [-0.05, 0) is 44.5 Å². The van der Waals surface area contributed by atoms with E-state index < -0.39 is 5.97 Å². The summed E-state index contributed by atoms with van der Waals surface area (Å²) in [5.74, 6) is 0.119. The molecule has 0 radical (unpaired) electrons. The highest BCUT2D eigenvalue weighted by Gasteiger charge is 2.20. The van der Waals surface area contributed by atoms with Gasteiger partial charge in [-0.15, -0.1) is 11.3 Å². The number of ether oxygens (including phenoxy) is 1. The van der Waals surface area contributed by atoms with Gasteiger partial charge in [0.15, 0.2) is 5.13 Å². The van der Waals surface area contributed by atoms with Crippen molar-refractivity contribution in [3.05, 3.63) is 64.1 Å². The number of aryl methyl sites for hydroxylation is 3. The van der Waals surface area contributed by atoms with Crippen LogP contribution in [0.1, 0.15) is 40.1 Å². The molecule has 140 valence electrons. The van der Waals surface area contributed by atoms with Crippen molar-refractivity contribution in [3.8, 4) is 0 Å². The zero-order valence-corrected chi connectivity index (χ0v) is 16.4. The molecule has 6 nitrogen and oxygen atoms in total. The fourth-order valence-corrected chi connectivity index (χ4v) is 3.55. The van der Waals surface area contributed by atoms with Crippen molar-refractivity contribution in [2.24, 2.45) is 0 Å². The Morgan fingerprint density at radius 3 is 2.59 bits per heavy atom. The van der Waals surface area contributed by atoms with Crippen LogP contribution in [-0.4, -0.2) is 16.9 Å². The summed E-state index contributed by atoms with van der Waals surface area (Å²) >= 11 is 1.32. The summed E-state index contributed by atoms with van der Waals surface area (Å²) in [6, 6.07) is 9.16. The standard InChI is InChI=1S/C20H20N2O4S/c1-12-5-7-17(13(2)9-12)22(15(4)23)20-21-16(11-27-20)10-25-19(24)18-8-6-14(3)26-18/h5-9,11H,10H2,1-4H3. The van der Waals surface area contributed by atoms with Crippen LogP contribution in [0.3, 0.4) is 0 Å². The molecule has 1 amide bonds. The minimum absolute atomic E-state index is 0.00764. The van der Waals surface area contributed by atoms with Crippen molar-refractivity contribution in [1.82, 2.24) is 4.98 Å². The van der Waals surface area contributed by atoms with E-state index in [1.165, 1.54) is 18.3 Å². The summed E-state index contributed by atoms with van der Waals surface area (Å²) in [5, 5.41) is 2.31. The van der Waals surface area contributed by atoms with E-state index >= 15 is 0 Å². The summed E-state index contributed by atoms with van der Waals surface area (Å²) in [6.07, 6.45) is 0. The van der Waals surface area contributed by atoms with E-state index in [-0.39, 0.29) is 18.3 Å². The first-order valence-corrected chi connectivity index (χ1v) is 9.29. The highest BCUT2D eigenvalue weighted by Crippen LogP contribution is 2.31. The molecule has 0 saturated heterocycles. The third-order valence-corrected chi connectivity index (χ3v) is 4.81. The molecule has 0 aliphatic heterocycles. The number of anilines is 2. The molecule has 0 spiro atoms. The lowest BCUT2D eigenvalue weighted by molar-refractivity contribution is -0.115. The summed E-state index contributed by atoms with van der Waals surface area (Å²) < 4.78 is 10.5. The Bertz CT molecular complexity index is 990. The number of hydrogen-bond acceptors (Lipinski definition) is 6. The number of rotatable bonds is 5. The number of hydrogen-bond donors (Lipinski definition) is 0. The van der Waals surface area contributed by atoms with Crippen molar-refractivity contribution in [3.63, 3.8) is 0 Å². The van der Waals surface area contributed by atoms with Gasteiger partial charge in [-0.25, -0.2) is 9.78 Å². The first-order chi connectivity index (χ1) is 12.8. The van der Waals surface area contributed by atoms with E-state index in [2.05, 4.69) is 4.98 Å². The average Bonchev–Trinajstić information content (AvgIpc) is 3.24. The van der Waals surface area contributed by atoms with E-state index in [1.54, 1.807) is 29.3 Å². The average molecular weight is 384 g/mol. The number of benzene rings is 1. The summed E-state index contributed by atoms with van der Waals surface area (Å²) in [6.45, 7) is 7.23. The van der Waals surface area contributed by atoms with Crippen LogP contribution >= 0.6 is 11.3 Å². The van der Waals surface area contributed by atoms with Crippen LogP contribution in [0.15, 0.2) is 40.1 Å². The number of furan rings is 1. The molecule has 3 rings (SSSR count). The molecule has 27 heavy (non-hydrogen) atoms. The molecule has 7 heteroatoms. The molecule has 2 aromatic heterocycles. The highest BCUT2D eigenvalue weighted by atomic mass is 32.1. The molecule has 0 aliphatic rings. The second-order valence-electron chi connectivity index (χ2n) is 6.25. The van der Waals surface area contributed by atoms with E-state index in [4.69, 9.17) is 9.15 Å². The zero-order valence-electron chi connectivity index (χ0n) is 15.6. The minimum atomic E-state index is -0.546. The predicted octanol–water partition coefficient (Wildman–Crippen LogP) is 4.70.